The van der Waals surface area contributed by atoms with Gasteiger partial charge in [-0.3, -0.25) is 4.79 Å². The summed E-state index contributed by atoms with van der Waals surface area (Å²) in [5.41, 5.74) is 2.06. The fourth-order valence-electron chi connectivity index (χ4n) is 4.24. The second-order valence-corrected chi connectivity index (χ2v) is 8.94. The van der Waals surface area contributed by atoms with E-state index in [2.05, 4.69) is 0 Å². The van der Waals surface area contributed by atoms with Crippen LogP contribution >= 0.6 is 0 Å². The first kappa shape index (κ1) is 28.9. The van der Waals surface area contributed by atoms with Crippen LogP contribution in [0.5, 0.6) is 0 Å². The summed E-state index contributed by atoms with van der Waals surface area (Å²) in [5, 5.41) is 20.0. The molecule has 0 unspecified atom stereocenters. The van der Waals surface area contributed by atoms with Gasteiger partial charge in [0, 0.05) is 18.1 Å². The molecule has 0 N–H and O–H groups in total. The Hall–Kier alpha value is -6.05. The predicted molar refractivity (Wildman–Crippen MR) is 156 cm³/mol. The molecule has 0 atom stereocenters. The molecule has 0 fully saturated rings. The minimum Gasteiger partial charge on any atom is -0.413 e. The molecule has 4 rings (SSSR count). The van der Waals surface area contributed by atoms with Gasteiger partial charge in [0.05, 0.1) is 0 Å². The zero-order chi connectivity index (χ0) is 29.9. The zero-order valence-corrected chi connectivity index (χ0v) is 22.6. The third kappa shape index (κ3) is 6.74. The Morgan fingerprint density at radius 1 is 0.524 bits per heavy atom. The van der Waals surface area contributed by atoms with Crippen LogP contribution in [0, 0.1) is 22.7 Å². The van der Waals surface area contributed by atoms with E-state index in [1.54, 1.807) is 121 Å². The number of nitriles is 2. The Kier molecular flexibility index (Phi) is 9.54. The lowest BCUT2D eigenvalue weighted by atomic mass is 9.93. The largest absolute Gasteiger partial charge is 0.413 e. The third-order valence-corrected chi connectivity index (χ3v) is 6.14. The Morgan fingerprint density at radius 3 is 1.00 bits per heavy atom. The van der Waals surface area contributed by atoms with Crippen molar-refractivity contribution in [3.63, 3.8) is 0 Å². The molecule has 0 heterocycles. The molecule has 42 heavy (non-hydrogen) atoms. The minimum atomic E-state index is -2.00. The van der Waals surface area contributed by atoms with Gasteiger partial charge in [0.1, 0.15) is 23.3 Å². The van der Waals surface area contributed by atoms with Gasteiger partial charge < -0.3 is 9.47 Å². The topological polar surface area (TPSA) is 117 Å². The standard InChI is InChI=1S/C35H24N2O5/c1-24(38)35(41-33(39)29(22-36)31(25-14-6-2-7-15-25)26-16-8-3-9-17-26)42-34(40)30(23-37)32(27-18-10-4-11-19-27)28-20-12-5-13-21-28/h2-21,35H,1H3. The number of carbonyl (C=O) groups excluding carboxylic acids is 3. The fraction of sp³-hybridized carbons (Fsp3) is 0.0571. The van der Waals surface area contributed by atoms with Crippen LogP contribution in [-0.2, 0) is 23.9 Å². The number of carbonyl (C=O) groups is 3. The van der Waals surface area contributed by atoms with Crippen LogP contribution in [0.25, 0.3) is 11.1 Å². The van der Waals surface area contributed by atoms with Crippen molar-refractivity contribution < 1.29 is 23.9 Å². The quantitative estimate of drug-likeness (QED) is 0.108. The van der Waals surface area contributed by atoms with Crippen molar-refractivity contribution >= 4 is 28.9 Å². The number of Topliss-reactive ketones (excluding diaryl/α,β-unsaturated/α-hetero) is 1. The first-order chi connectivity index (χ1) is 20.4. The summed E-state index contributed by atoms with van der Waals surface area (Å²) >= 11 is 0. The van der Waals surface area contributed by atoms with E-state index < -0.39 is 24.0 Å². The number of benzene rings is 4. The predicted octanol–water partition coefficient (Wildman–Crippen LogP) is 6.04. The van der Waals surface area contributed by atoms with Gasteiger partial charge in [0.15, 0.2) is 0 Å². The summed E-state index contributed by atoms with van der Waals surface area (Å²) in [4.78, 5) is 39.2. The molecular weight excluding hydrogens is 528 g/mol. The van der Waals surface area contributed by atoms with Gasteiger partial charge in [-0.1, -0.05) is 121 Å². The number of hydrogen-bond acceptors (Lipinski definition) is 7. The Balaban J connectivity index is 1.72. The van der Waals surface area contributed by atoms with E-state index in [1.807, 2.05) is 12.1 Å². The SMILES string of the molecule is CC(=O)C(OC(=O)C(C#N)=C(c1ccccc1)c1ccccc1)OC(=O)C(C#N)=C(c1ccccc1)c1ccccc1. The average Bonchev–Trinajstić information content (AvgIpc) is 3.03. The minimum absolute atomic E-state index is 0.283. The number of esters is 2. The molecule has 0 aliphatic carbocycles. The molecule has 0 radical (unpaired) electrons. The van der Waals surface area contributed by atoms with Gasteiger partial charge in [0.2, 0.25) is 5.78 Å². The molecule has 7 nitrogen and oxygen atoms in total. The second kappa shape index (κ2) is 13.8. The lowest BCUT2D eigenvalue weighted by Crippen LogP contribution is -2.32. The summed E-state index contributed by atoms with van der Waals surface area (Å²) in [5.74, 6) is -3.14. The molecule has 0 aliphatic rings. The number of rotatable bonds is 9. The van der Waals surface area contributed by atoms with Crippen LogP contribution in [0.15, 0.2) is 132 Å². The lowest BCUT2D eigenvalue weighted by Gasteiger charge is -2.18. The van der Waals surface area contributed by atoms with E-state index in [0.717, 1.165) is 6.92 Å². The molecule has 7 heteroatoms. The summed E-state index contributed by atoms with van der Waals surface area (Å²) in [6.45, 7) is 1.07. The number of ketones is 1. The van der Waals surface area contributed by atoms with Gasteiger partial charge in [-0.25, -0.2) is 9.59 Å². The number of nitrogens with zero attached hydrogens (tertiary/aromatic N) is 2. The van der Waals surface area contributed by atoms with Crippen molar-refractivity contribution in [2.75, 3.05) is 0 Å². The molecule has 204 valence electrons. The summed E-state index contributed by atoms with van der Waals surface area (Å²) < 4.78 is 10.6. The molecular formula is C35H24N2O5. The Labute approximate surface area is 243 Å². The van der Waals surface area contributed by atoms with Crippen LogP contribution < -0.4 is 0 Å². The maximum atomic E-state index is 13.4. The maximum absolute atomic E-state index is 13.4. The molecule has 0 spiro atoms. The number of hydrogen-bond donors (Lipinski definition) is 0. The molecule has 4 aromatic rings. The van der Waals surface area contributed by atoms with Gasteiger partial charge in [-0.2, -0.15) is 10.5 Å². The molecule has 0 saturated carbocycles. The zero-order valence-electron chi connectivity index (χ0n) is 22.6. The van der Waals surface area contributed by atoms with E-state index in [1.165, 1.54) is 0 Å². The Bertz CT molecular complexity index is 1520. The van der Waals surface area contributed by atoms with Gasteiger partial charge >= 0.3 is 18.2 Å². The molecule has 0 bridgehead atoms. The smallest absolute Gasteiger partial charge is 0.353 e. The van der Waals surface area contributed by atoms with Gasteiger partial charge in [-0.15, -0.1) is 0 Å². The molecule has 0 saturated heterocycles. The van der Waals surface area contributed by atoms with Crippen LogP contribution in [0.4, 0.5) is 0 Å². The fourth-order valence-corrected chi connectivity index (χ4v) is 4.24. The Morgan fingerprint density at radius 2 is 0.786 bits per heavy atom. The van der Waals surface area contributed by atoms with E-state index in [4.69, 9.17) is 9.47 Å². The summed E-state index contributed by atoms with van der Waals surface area (Å²) in [6.07, 6.45) is -2.00. The van der Waals surface area contributed by atoms with Crippen LogP contribution in [0.3, 0.4) is 0 Å². The van der Waals surface area contributed by atoms with Crippen molar-refractivity contribution in [3.05, 3.63) is 155 Å². The van der Waals surface area contributed by atoms with Gasteiger partial charge in [-0.05, 0) is 22.3 Å². The average molecular weight is 553 g/mol. The van der Waals surface area contributed by atoms with Crippen LogP contribution in [-0.4, -0.2) is 24.0 Å². The van der Waals surface area contributed by atoms with Crippen LogP contribution in [0.1, 0.15) is 29.2 Å². The number of ether oxygens (including phenoxy) is 2. The maximum Gasteiger partial charge on any atom is 0.353 e. The third-order valence-electron chi connectivity index (χ3n) is 6.14. The summed E-state index contributed by atoms with van der Waals surface area (Å²) in [7, 11) is 0. The summed E-state index contributed by atoms with van der Waals surface area (Å²) in [6, 6.07) is 38.8. The molecule has 0 amide bonds. The van der Waals surface area contributed by atoms with E-state index in [9.17, 15) is 24.9 Å². The van der Waals surface area contributed by atoms with Crippen LogP contribution in [0.2, 0.25) is 0 Å². The second-order valence-electron chi connectivity index (χ2n) is 8.94. The molecule has 4 aromatic carbocycles. The first-order valence-corrected chi connectivity index (χ1v) is 12.9. The highest BCUT2D eigenvalue weighted by Gasteiger charge is 2.30. The van der Waals surface area contributed by atoms with E-state index >= 15 is 0 Å². The van der Waals surface area contributed by atoms with Crippen molar-refractivity contribution in [2.24, 2.45) is 0 Å². The monoisotopic (exact) mass is 552 g/mol. The van der Waals surface area contributed by atoms with Crippen molar-refractivity contribution in [2.45, 2.75) is 13.2 Å². The highest BCUT2D eigenvalue weighted by Crippen LogP contribution is 2.29. The van der Waals surface area contributed by atoms with E-state index in [0.29, 0.717) is 22.3 Å². The lowest BCUT2D eigenvalue weighted by molar-refractivity contribution is -0.185. The van der Waals surface area contributed by atoms with E-state index in [-0.39, 0.29) is 22.3 Å². The van der Waals surface area contributed by atoms with Crippen molar-refractivity contribution in [3.8, 4) is 12.1 Å². The van der Waals surface area contributed by atoms with Gasteiger partial charge in [0.25, 0.3) is 0 Å². The highest BCUT2D eigenvalue weighted by molar-refractivity contribution is 6.07. The normalized spacial score (nSPS) is 10.0. The van der Waals surface area contributed by atoms with Crippen molar-refractivity contribution in [1.29, 1.82) is 10.5 Å². The molecule has 0 aliphatic heterocycles. The highest BCUT2D eigenvalue weighted by atomic mass is 16.7. The first-order valence-electron chi connectivity index (χ1n) is 12.9. The molecule has 0 aromatic heterocycles. The van der Waals surface area contributed by atoms with Crippen molar-refractivity contribution in [1.82, 2.24) is 0 Å².